The molecule has 80 valence electrons. The SMILES string of the molecule is CC1CCC(=O)C(C2COCCN2)C1. The quantitative estimate of drug-likeness (QED) is 0.681. The third-order valence-corrected chi connectivity index (χ3v) is 3.39. The van der Waals surface area contributed by atoms with Crippen LogP contribution in [0.5, 0.6) is 0 Å². The van der Waals surface area contributed by atoms with Gasteiger partial charge in [-0.1, -0.05) is 6.92 Å². The molecule has 2 aliphatic rings. The molecule has 0 radical (unpaired) electrons. The molecule has 1 aliphatic carbocycles. The van der Waals surface area contributed by atoms with Gasteiger partial charge in [0.15, 0.2) is 0 Å². The van der Waals surface area contributed by atoms with Gasteiger partial charge in [0.2, 0.25) is 0 Å². The van der Waals surface area contributed by atoms with Gasteiger partial charge < -0.3 is 10.1 Å². The second-order valence-electron chi connectivity index (χ2n) is 4.59. The summed E-state index contributed by atoms with van der Waals surface area (Å²) in [5.41, 5.74) is 0. The largest absolute Gasteiger partial charge is 0.378 e. The zero-order valence-electron chi connectivity index (χ0n) is 8.79. The highest BCUT2D eigenvalue weighted by atomic mass is 16.5. The van der Waals surface area contributed by atoms with E-state index < -0.39 is 0 Å². The lowest BCUT2D eigenvalue weighted by molar-refractivity contribution is -0.128. The second-order valence-corrected chi connectivity index (χ2v) is 4.59. The van der Waals surface area contributed by atoms with Gasteiger partial charge in [-0.25, -0.2) is 0 Å². The fourth-order valence-electron chi connectivity index (χ4n) is 2.49. The first-order valence-electron chi connectivity index (χ1n) is 5.61. The molecule has 1 aliphatic heterocycles. The molecule has 0 aromatic rings. The molecule has 3 heteroatoms. The zero-order valence-corrected chi connectivity index (χ0v) is 8.79. The molecule has 3 nitrogen and oxygen atoms in total. The topological polar surface area (TPSA) is 38.3 Å². The van der Waals surface area contributed by atoms with Crippen molar-refractivity contribution < 1.29 is 9.53 Å². The van der Waals surface area contributed by atoms with E-state index >= 15 is 0 Å². The van der Waals surface area contributed by atoms with Crippen LogP contribution >= 0.6 is 0 Å². The summed E-state index contributed by atoms with van der Waals surface area (Å²) in [5, 5.41) is 3.39. The standard InChI is InChI=1S/C11H19NO2/c1-8-2-3-11(13)9(6-8)10-7-14-5-4-12-10/h8-10,12H,2-7H2,1H3. The van der Waals surface area contributed by atoms with Gasteiger partial charge in [-0.3, -0.25) is 4.79 Å². The first-order valence-corrected chi connectivity index (χ1v) is 5.61. The van der Waals surface area contributed by atoms with Crippen molar-refractivity contribution >= 4 is 5.78 Å². The maximum Gasteiger partial charge on any atom is 0.137 e. The van der Waals surface area contributed by atoms with Crippen LogP contribution in [0.4, 0.5) is 0 Å². The fourth-order valence-corrected chi connectivity index (χ4v) is 2.49. The Hall–Kier alpha value is -0.410. The van der Waals surface area contributed by atoms with Crippen LogP contribution in [0.1, 0.15) is 26.2 Å². The number of rotatable bonds is 1. The number of nitrogens with one attached hydrogen (secondary N) is 1. The van der Waals surface area contributed by atoms with Crippen LogP contribution in [-0.2, 0) is 9.53 Å². The number of ketones is 1. The zero-order chi connectivity index (χ0) is 9.97. The van der Waals surface area contributed by atoms with Crippen molar-refractivity contribution in [2.75, 3.05) is 19.8 Å². The number of hydrogen-bond donors (Lipinski definition) is 1. The van der Waals surface area contributed by atoms with E-state index in [1.807, 2.05) is 0 Å². The summed E-state index contributed by atoms with van der Waals surface area (Å²) in [7, 11) is 0. The average molecular weight is 197 g/mol. The Morgan fingerprint density at radius 1 is 1.50 bits per heavy atom. The van der Waals surface area contributed by atoms with E-state index in [1.54, 1.807) is 0 Å². The van der Waals surface area contributed by atoms with Gasteiger partial charge in [-0.05, 0) is 18.8 Å². The van der Waals surface area contributed by atoms with E-state index in [-0.39, 0.29) is 12.0 Å². The highest BCUT2D eigenvalue weighted by molar-refractivity contribution is 5.82. The summed E-state index contributed by atoms with van der Waals surface area (Å²) in [6.07, 6.45) is 2.88. The van der Waals surface area contributed by atoms with Crippen LogP contribution in [-0.4, -0.2) is 31.6 Å². The van der Waals surface area contributed by atoms with E-state index in [2.05, 4.69) is 12.2 Å². The van der Waals surface area contributed by atoms with Crippen molar-refractivity contribution in [3.63, 3.8) is 0 Å². The van der Waals surface area contributed by atoms with Gasteiger partial charge in [0.05, 0.1) is 13.2 Å². The van der Waals surface area contributed by atoms with Crippen molar-refractivity contribution in [1.29, 1.82) is 0 Å². The van der Waals surface area contributed by atoms with E-state index in [0.29, 0.717) is 18.3 Å². The molecule has 0 amide bonds. The van der Waals surface area contributed by atoms with Crippen LogP contribution in [0.15, 0.2) is 0 Å². The van der Waals surface area contributed by atoms with Crippen molar-refractivity contribution in [2.24, 2.45) is 11.8 Å². The Balaban J connectivity index is 1.96. The fraction of sp³-hybridized carbons (Fsp3) is 0.909. The van der Waals surface area contributed by atoms with Crippen LogP contribution < -0.4 is 5.32 Å². The number of carbonyl (C=O) groups excluding carboxylic acids is 1. The van der Waals surface area contributed by atoms with Gasteiger partial charge in [0.25, 0.3) is 0 Å². The maximum absolute atomic E-state index is 11.7. The van der Waals surface area contributed by atoms with Gasteiger partial charge in [0.1, 0.15) is 5.78 Å². The summed E-state index contributed by atoms with van der Waals surface area (Å²) < 4.78 is 5.40. The van der Waals surface area contributed by atoms with Crippen LogP contribution in [0.3, 0.4) is 0 Å². The van der Waals surface area contributed by atoms with E-state index in [0.717, 1.165) is 32.4 Å². The number of Topliss-reactive ketones (excluding diaryl/α,β-unsaturated/α-hetero) is 1. The Kier molecular flexibility index (Phi) is 3.19. The van der Waals surface area contributed by atoms with Gasteiger partial charge >= 0.3 is 0 Å². The normalized spacial score (nSPS) is 39.8. The first-order chi connectivity index (χ1) is 6.77. The Bertz CT molecular complexity index is 211. The summed E-state index contributed by atoms with van der Waals surface area (Å²) in [5.74, 6) is 1.34. The van der Waals surface area contributed by atoms with Crippen molar-refractivity contribution in [3.8, 4) is 0 Å². The number of ether oxygens (including phenoxy) is 1. The molecule has 2 rings (SSSR count). The van der Waals surface area contributed by atoms with Crippen molar-refractivity contribution in [1.82, 2.24) is 5.32 Å². The minimum absolute atomic E-state index is 0.207. The third kappa shape index (κ3) is 2.15. The predicted octanol–water partition coefficient (Wildman–Crippen LogP) is 0.980. The van der Waals surface area contributed by atoms with E-state index in [9.17, 15) is 4.79 Å². The van der Waals surface area contributed by atoms with Crippen molar-refractivity contribution in [2.45, 2.75) is 32.2 Å². The number of hydrogen-bond acceptors (Lipinski definition) is 3. The lowest BCUT2D eigenvalue weighted by Crippen LogP contribution is -2.49. The first kappa shape index (κ1) is 10.1. The molecule has 0 aromatic carbocycles. The summed E-state index contributed by atoms with van der Waals surface area (Å²) in [6.45, 7) is 4.63. The highest BCUT2D eigenvalue weighted by Gasteiger charge is 2.33. The number of carbonyl (C=O) groups is 1. The van der Waals surface area contributed by atoms with E-state index in [4.69, 9.17) is 4.74 Å². The average Bonchev–Trinajstić information content (AvgIpc) is 2.23. The maximum atomic E-state index is 11.7. The number of morpholine rings is 1. The van der Waals surface area contributed by atoms with Crippen LogP contribution in [0.2, 0.25) is 0 Å². The molecule has 1 N–H and O–H groups in total. The second kappa shape index (κ2) is 4.41. The summed E-state index contributed by atoms with van der Waals surface area (Å²) in [4.78, 5) is 11.7. The molecule has 14 heavy (non-hydrogen) atoms. The molecular weight excluding hydrogens is 178 g/mol. The molecule has 0 bridgehead atoms. The molecule has 3 unspecified atom stereocenters. The molecule has 1 saturated carbocycles. The minimum atomic E-state index is 0.207. The smallest absolute Gasteiger partial charge is 0.137 e. The lowest BCUT2D eigenvalue weighted by atomic mass is 9.77. The van der Waals surface area contributed by atoms with Crippen molar-refractivity contribution in [3.05, 3.63) is 0 Å². The highest BCUT2D eigenvalue weighted by Crippen LogP contribution is 2.28. The third-order valence-electron chi connectivity index (χ3n) is 3.39. The molecule has 0 aromatic heterocycles. The lowest BCUT2D eigenvalue weighted by Gasteiger charge is -2.34. The Morgan fingerprint density at radius 3 is 3.07 bits per heavy atom. The molecule has 3 atom stereocenters. The molecular formula is C11H19NO2. The summed E-state index contributed by atoms with van der Waals surface area (Å²) in [6, 6.07) is 0.277. The predicted molar refractivity (Wildman–Crippen MR) is 54.1 cm³/mol. The van der Waals surface area contributed by atoms with Crippen LogP contribution in [0, 0.1) is 11.8 Å². The molecule has 1 saturated heterocycles. The minimum Gasteiger partial charge on any atom is -0.378 e. The monoisotopic (exact) mass is 197 g/mol. The Morgan fingerprint density at radius 2 is 2.36 bits per heavy atom. The molecule has 0 spiro atoms. The van der Waals surface area contributed by atoms with E-state index in [1.165, 1.54) is 0 Å². The Labute approximate surface area is 85.2 Å². The van der Waals surface area contributed by atoms with Gasteiger partial charge in [-0.15, -0.1) is 0 Å². The van der Waals surface area contributed by atoms with Gasteiger partial charge in [-0.2, -0.15) is 0 Å². The van der Waals surface area contributed by atoms with Gasteiger partial charge in [0, 0.05) is 24.9 Å². The summed E-state index contributed by atoms with van der Waals surface area (Å²) >= 11 is 0. The van der Waals surface area contributed by atoms with Crippen LogP contribution in [0.25, 0.3) is 0 Å². The molecule has 2 fully saturated rings. The molecule has 1 heterocycles.